The van der Waals surface area contributed by atoms with Gasteiger partial charge in [0.1, 0.15) is 11.5 Å². The van der Waals surface area contributed by atoms with Crippen molar-refractivity contribution in [3.05, 3.63) is 89.2 Å². The van der Waals surface area contributed by atoms with Crippen LogP contribution in [0.2, 0.25) is 0 Å². The molecule has 1 heterocycles. The van der Waals surface area contributed by atoms with E-state index in [1.165, 1.54) is 0 Å². The first-order chi connectivity index (χ1) is 12.1. The van der Waals surface area contributed by atoms with Crippen LogP contribution < -0.4 is 4.74 Å². The summed E-state index contributed by atoms with van der Waals surface area (Å²) in [6.45, 7) is 2.01. The number of aromatic hydroxyl groups is 1. The molecule has 0 aliphatic carbocycles. The molecule has 122 valence electrons. The summed E-state index contributed by atoms with van der Waals surface area (Å²) in [5, 5.41) is 10.3. The first kappa shape index (κ1) is 15.2. The SMILES string of the molecule is Cc1ccc(/C=C2\Oc3ccc(O)c(-c4ccccc4)c3C2=O)cc1. The molecule has 0 radical (unpaired) electrons. The molecule has 0 spiro atoms. The Bertz CT molecular complexity index is 984. The Morgan fingerprint density at radius 3 is 2.32 bits per heavy atom. The number of carbonyl (C=O) groups excluding carboxylic acids is 1. The van der Waals surface area contributed by atoms with Crippen LogP contribution in [0.15, 0.2) is 72.5 Å². The van der Waals surface area contributed by atoms with Crippen molar-refractivity contribution in [1.82, 2.24) is 0 Å². The van der Waals surface area contributed by atoms with Crippen LogP contribution in [0.25, 0.3) is 17.2 Å². The molecular formula is C22H16O3. The number of fused-ring (bicyclic) bond motifs is 1. The van der Waals surface area contributed by atoms with Gasteiger partial charge in [0.2, 0.25) is 5.78 Å². The van der Waals surface area contributed by atoms with Crippen molar-refractivity contribution in [3.8, 4) is 22.6 Å². The summed E-state index contributed by atoms with van der Waals surface area (Å²) in [5.74, 6) is 0.588. The fourth-order valence-corrected chi connectivity index (χ4v) is 2.98. The first-order valence-corrected chi connectivity index (χ1v) is 8.06. The number of rotatable bonds is 2. The molecule has 3 aromatic carbocycles. The van der Waals surface area contributed by atoms with Gasteiger partial charge in [0, 0.05) is 5.56 Å². The predicted octanol–water partition coefficient (Wildman–Crippen LogP) is 4.98. The molecule has 25 heavy (non-hydrogen) atoms. The zero-order chi connectivity index (χ0) is 17.4. The summed E-state index contributed by atoms with van der Waals surface area (Å²) in [6, 6.07) is 20.4. The van der Waals surface area contributed by atoms with Crippen LogP contribution in [0.1, 0.15) is 21.5 Å². The highest BCUT2D eigenvalue weighted by atomic mass is 16.5. The van der Waals surface area contributed by atoms with E-state index in [9.17, 15) is 9.90 Å². The van der Waals surface area contributed by atoms with Crippen LogP contribution in [0.5, 0.6) is 11.5 Å². The van der Waals surface area contributed by atoms with Crippen LogP contribution in [0.4, 0.5) is 0 Å². The molecule has 3 nitrogen and oxygen atoms in total. The van der Waals surface area contributed by atoms with E-state index in [1.54, 1.807) is 18.2 Å². The highest BCUT2D eigenvalue weighted by Gasteiger charge is 2.32. The third-order valence-electron chi connectivity index (χ3n) is 4.25. The van der Waals surface area contributed by atoms with Crippen LogP contribution in [-0.2, 0) is 0 Å². The lowest BCUT2D eigenvalue weighted by Gasteiger charge is -2.08. The van der Waals surface area contributed by atoms with E-state index in [0.717, 1.165) is 16.7 Å². The molecule has 0 aromatic heterocycles. The number of hydrogen-bond acceptors (Lipinski definition) is 3. The standard InChI is InChI=1S/C22H16O3/c1-14-7-9-15(10-8-14)13-19-22(24)21-18(25-19)12-11-17(23)20(21)16-5-3-2-4-6-16/h2-13,23H,1H3/b19-13-. The Labute approximate surface area is 145 Å². The zero-order valence-electron chi connectivity index (χ0n) is 13.7. The Morgan fingerprint density at radius 1 is 0.880 bits per heavy atom. The van der Waals surface area contributed by atoms with Crippen LogP contribution in [0.3, 0.4) is 0 Å². The fourth-order valence-electron chi connectivity index (χ4n) is 2.98. The van der Waals surface area contributed by atoms with Gasteiger partial charge < -0.3 is 9.84 Å². The number of benzene rings is 3. The van der Waals surface area contributed by atoms with E-state index < -0.39 is 0 Å². The molecule has 0 bridgehead atoms. The lowest BCUT2D eigenvalue weighted by molar-refractivity contribution is 0.101. The van der Waals surface area contributed by atoms with Crippen molar-refractivity contribution < 1.29 is 14.6 Å². The molecule has 0 saturated carbocycles. The highest BCUT2D eigenvalue weighted by molar-refractivity contribution is 6.18. The van der Waals surface area contributed by atoms with Gasteiger partial charge in [-0.2, -0.15) is 0 Å². The Hall–Kier alpha value is -3.33. The van der Waals surface area contributed by atoms with Gasteiger partial charge in [-0.05, 0) is 36.3 Å². The minimum absolute atomic E-state index is 0.0680. The van der Waals surface area contributed by atoms with Gasteiger partial charge >= 0.3 is 0 Å². The van der Waals surface area contributed by atoms with Gasteiger partial charge in [0.25, 0.3) is 0 Å². The van der Waals surface area contributed by atoms with E-state index >= 15 is 0 Å². The summed E-state index contributed by atoms with van der Waals surface area (Å²) in [6.07, 6.45) is 1.73. The van der Waals surface area contributed by atoms with Crippen molar-refractivity contribution >= 4 is 11.9 Å². The molecule has 0 fully saturated rings. The number of carbonyl (C=O) groups is 1. The molecule has 0 unspecified atom stereocenters. The van der Waals surface area contributed by atoms with Gasteiger partial charge in [-0.25, -0.2) is 0 Å². The Kier molecular flexibility index (Phi) is 3.62. The van der Waals surface area contributed by atoms with Crippen molar-refractivity contribution in [2.45, 2.75) is 6.92 Å². The largest absolute Gasteiger partial charge is 0.507 e. The van der Waals surface area contributed by atoms with E-state index in [1.807, 2.05) is 61.5 Å². The van der Waals surface area contributed by atoms with E-state index in [2.05, 4.69) is 0 Å². The summed E-state index contributed by atoms with van der Waals surface area (Å²) >= 11 is 0. The quantitative estimate of drug-likeness (QED) is 0.675. The second kappa shape index (κ2) is 5.95. The van der Waals surface area contributed by atoms with Gasteiger partial charge in [-0.15, -0.1) is 0 Å². The maximum Gasteiger partial charge on any atom is 0.232 e. The molecular weight excluding hydrogens is 312 g/mol. The molecule has 0 saturated heterocycles. The normalized spacial score (nSPS) is 14.4. The average molecular weight is 328 g/mol. The minimum atomic E-state index is -0.217. The number of aryl methyl sites for hydroxylation is 1. The monoisotopic (exact) mass is 328 g/mol. The molecule has 1 aliphatic heterocycles. The minimum Gasteiger partial charge on any atom is -0.507 e. The van der Waals surface area contributed by atoms with Crippen molar-refractivity contribution in [1.29, 1.82) is 0 Å². The van der Waals surface area contributed by atoms with Gasteiger partial charge in [-0.3, -0.25) is 4.79 Å². The van der Waals surface area contributed by atoms with Crippen LogP contribution in [0, 0.1) is 6.92 Å². The van der Waals surface area contributed by atoms with Crippen molar-refractivity contribution in [2.75, 3.05) is 0 Å². The predicted molar refractivity (Wildman–Crippen MR) is 97.7 cm³/mol. The maximum absolute atomic E-state index is 12.9. The van der Waals surface area contributed by atoms with Crippen LogP contribution >= 0.6 is 0 Å². The Balaban J connectivity index is 1.81. The number of ether oxygens (including phenoxy) is 1. The van der Waals surface area contributed by atoms with Crippen molar-refractivity contribution in [2.24, 2.45) is 0 Å². The van der Waals surface area contributed by atoms with Crippen LogP contribution in [-0.4, -0.2) is 10.9 Å². The number of Topliss-reactive ketones (excluding diaryl/α,β-unsaturated/α-hetero) is 1. The fraction of sp³-hybridized carbons (Fsp3) is 0.0455. The number of phenolic OH excluding ortho intramolecular Hbond substituents is 1. The maximum atomic E-state index is 12.9. The number of hydrogen-bond donors (Lipinski definition) is 1. The third-order valence-corrected chi connectivity index (χ3v) is 4.25. The topological polar surface area (TPSA) is 46.5 Å². The van der Waals surface area contributed by atoms with E-state index in [0.29, 0.717) is 16.9 Å². The summed E-state index contributed by atoms with van der Waals surface area (Å²) < 4.78 is 5.77. The molecule has 3 aromatic rings. The zero-order valence-corrected chi connectivity index (χ0v) is 13.7. The lowest BCUT2D eigenvalue weighted by Crippen LogP contribution is -2.00. The number of phenols is 1. The molecule has 0 amide bonds. The lowest BCUT2D eigenvalue weighted by atomic mass is 9.95. The summed E-state index contributed by atoms with van der Waals surface area (Å²) in [7, 11) is 0. The van der Waals surface area contributed by atoms with Gasteiger partial charge in [-0.1, -0.05) is 60.2 Å². The van der Waals surface area contributed by atoms with E-state index in [-0.39, 0.29) is 17.3 Å². The summed E-state index contributed by atoms with van der Waals surface area (Å²) in [4.78, 5) is 12.9. The molecule has 0 atom stereocenters. The second-order valence-corrected chi connectivity index (χ2v) is 6.05. The molecule has 3 heteroatoms. The molecule has 1 aliphatic rings. The second-order valence-electron chi connectivity index (χ2n) is 6.05. The number of ketones is 1. The summed E-state index contributed by atoms with van der Waals surface area (Å²) in [5.41, 5.74) is 3.75. The molecule has 1 N–H and O–H groups in total. The van der Waals surface area contributed by atoms with Gasteiger partial charge in [0.05, 0.1) is 5.56 Å². The highest BCUT2D eigenvalue weighted by Crippen LogP contribution is 2.43. The Morgan fingerprint density at radius 2 is 1.60 bits per heavy atom. The third kappa shape index (κ3) is 2.70. The first-order valence-electron chi connectivity index (χ1n) is 8.06. The van der Waals surface area contributed by atoms with Gasteiger partial charge in [0.15, 0.2) is 5.76 Å². The average Bonchev–Trinajstić information content (AvgIpc) is 2.94. The smallest absolute Gasteiger partial charge is 0.232 e. The van der Waals surface area contributed by atoms with Crippen molar-refractivity contribution in [3.63, 3.8) is 0 Å². The number of allylic oxidation sites excluding steroid dienone is 1. The molecule has 4 rings (SSSR count). The van der Waals surface area contributed by atoms with E-state index in [4.69, 9.17) is 4.74 Å².